The van der Waals surface area contributed by atoms with Gasteiger partial charge in [-0.3, -0.25) is 4.79 Å². The van der Waals surface area contributed by atoms with Crippen LogP contribution >= 0.6 is 0 Å². The lowest BCUT2D eigenvalue weighted by molar-refractivity contribution is -0.130. The van der Waals surface area contributed by atoms with E-state index < -0.39 is 6.10 Å². The van der Waals surface area contributed by atoms with E-state index in [-0.39, 0.29) is 12.5 Å². The molecule has 0 unspecified atom stereocenters. The number of aliphatic hydroxyl groups is 2. The van der Waals surface area contributed by atoms with Gasteiger partial charge in [-0.1, -0.05) is 30.3 Å². The predicted octanol–water partition coefficient (Wildman–Crippen LogP) is 2.53. The highest BCUT2D eigenvalue weighted by molar-refractivity contribution is 5.85. The summed E-state index contributed by atoms with van der Waals surface area (Å²) in [6.07, 6.45) is 4.81. The molecule has 0 spiro atoms. The maximum atomic E-state index is 12.7. The first-order valence-corrected chi connectivity index (χ1v) is 12.7. The van der Waals surface area contributed by atoms with Gasteiger partial charge in [-0.2, -0.15) is 10.4 Å². The van der Waals surface area contributed by atoms with Gasteiger partial charge in [0.1, 0.15) is 24.2 Å². The average molecular weight is 529 g/mol. The van der Waals surface area contributed by atoms with Gasteiger partial charge in [0, 0.05) is 50.6 Å². The van der Waals surface area contributed by atoms with E-state index in [4.69, 9.17) is 14.8 Å². The minimum Gasteiger partial charge on any atom is -0.489 e. The number of carbonyl (C=O) groups is 1. The van der Waals surface area contributed by atoms with E-state index >= 15 is 0 Å². The molecule has 1 aliphatic heterocycles. The molecule has 1 atom stereocenters. The zero-order chi connectivity index (χ0) is 27.8. The van der Waals surface area contributed by atoms with Crippen molar-refractivity contribution in [3.63, 3.8) is 0 Å². The number of aromatic nitrogens is 3. The number of amides is 1. The van der Waals surface area contributed by atoms with Crippen molar-refractivity contribution >= 4 is 17.2 Å². The third kappa shape index (κ3) is 6.52. The van der Waals surface area contributed by atoms with E-state index in [1.807, 2.05) is 53.4 Å². The van der Waals surface area contributed by atoms with Crippen molar-refractivity contribution in [2.24, 2.45) is 0 Å². The molecule has 10 heteroatoms. The zero-order valence-corrected chi connectivity index (χ0v) is 22.1. The van der Waals surface area contributed by atoms with Crippen LogP contribution in [0.3, 0.4) is 0 Å². The van der Waals surface area contributed by atoms with Gasteiger partial charge < -0.3 is 24.7 Å². The van der Waals surface area contributed by atoms with E-state index in [0.717, 1.165) is 29.6 Å². The van der Waals surface area contributed by atoms with Crippen molar-refractivity contribution < 1.29 is 19.7 Å². The van der Waals surface area contributed by atoms with Crippen molar-refractivity contribution in [1.82, 2.24) is 19.5 Å². The molecular formula is C29H32N6O4. The Labute approximate surface area is 227 Å². The van der Waals surface area contributed by atoms with Crippen LogP contribution in [-0.4, -0.2) is 81.6 Å². The van der Waals surface area contributed by atoms with Crippen LogP contribution in [-0.2, 0) is 11.2 Å². The molecule has 39 heavy (non-hydrogen) atoms. The van der Waals surface area contributed by atoms with Gasteiger partial charge in [0.15, 0.2) is 0 Å². The molecule has 1 aromatic carbocycles. The number of carbonyl (C=O) groups excluding carboxylic acids is 1. The summed E-state index contributed by atoms with van der Waals surface area (Å²) in [4.78, 5) is 21.5. The molecule has 202 valence electrons. The molecular weight excluding hydrogens is 496 g/mol. The Hall–Kier alpha value is -4.46. The monoisotopic (exact) mass is 528 g/mol. The van der Waals surface area contributed by atoms with Gasteiger partial charge in [-0.15, -0.1) is 0 Å². The van der Waals surface area contributed by atoms with Crippen molar-refractivity contribution in [3.05, 3.63) is 78.2 Å². The number of nitriles is 1. The first-order chi connectivity index (χ1) is 19.0. The molecule has 0 bridgehead atoms. The largest absolute Gasteiger partial charge is 0.489 e. The average Bonchev–Trinajstić information content (AvgIpc) is 3.40. The number of rotatable bonds is 7. The lowest BCUT2D eigenvalue weighted by Crippen LogP contribution is -2.49. The van der Waals surface area contributed by atoms with Crippen molar-refractivity contribution in [2.45, 2.75) is 19.4 Å². The molecule has 1 amide bonds. The molecule has 0 radical (unpaired) electrons. The van der Waals surface area contributed by atoms with Crippen LogP contribution in [0.15, 0.2) is 67.1 Å². The second-order valence-electron chi connectivity index (χ2n) is 9.15. The number of piperazine rings is 1. The lowest BCUT2D eigenvalue weighted by Gasteiger charge is -2.35. The Morgan fingerprint density at radius 3 is 2.49 bits per heavy atom. The number of benzene rings is 1. The second kappa shape index (κ2) is 12.9. The summed E-state index contributed by atoms with van der Waals surface area (Å²) in [5.41, 5.74) is 3.75. The summed E-state index contributed by atoms with van der Waals surface area (Å²) in [6.45, 7) is 4.53. The predicted molar refractivity (Wildman–Crippen MR) is 147 cm³/mol. The highest BCUT2D eigenvalue weighted by Crippen LogP contribution is 2.31. The van der Waals surface area contributed by atoms with Crippen LogP contribution in [0.1, 0.15) is 18.1 Å². The molecule has 1 fully saturated rings. The molecule has 4 aromatic rings. The lowest BCUT2D eigenvalue weighted by atomic mass is 10.1. The standard InChI is InChI=1S/C28H28N6O3.CH4O/c1-20(35)19-37-24-14-25(28-23(15-29)17-31-34(28)18-24)22-7-8-26(30-16-22)32-9-11-33(12-10-32)27(36)13-21-5-3-2-4-6-21;1-2/h2-8,14,16-18,20,35H,9-13,19H2,1H3;2H,1H3/t20-;/m1./s1. The quantitative estimate of drug-likeness (QED) is 0.375. The van der Waals surface area contributed by atoms with Crippen LogP contribution in [0.25, 0.3) is 16.6 Å². The highest BCUT2D eigenvalue weighted by Gasteiger charge is 2.22. The number of hydrogen-bond acceptors (Lipinski definition) is 8. The van der Waals surface area contributed by atoms with Gasteiger partial charge in [0.25, 0.3) is 0 Å². The summed E-state index contributed by atoms with van der Waals surface area (Å²) >= 11 is 0. The second-order valence-corrected chi connectivity index (χ2v) is 9.15. The molecule has 5 rings (SSSR count). The summed E-state index contributed by atoms with van der Waals surface area (Å²) < 4.78 is 7.33. The normalized spacial score (nSPS) is 13.8. The number of ether oxygens (including phenoxy) is 1. The molecule has 3 aromatic heterocycles. The Morgan fingerprint density at radius 1 is 1.10 bits per heavy atom. The third-order valence-electron chi connectivity index (χ3n) is 6.41. The minimum absolute atomic E-state index is 0.143. The Kier molecular flexibility index (Phi) is 9.10. The smallest absolute Gasteiger partial charge is 0.227 e. The van der Waals surface area contributed by atoms with Crippen LogP contribution in [0.2, 0.25) is 0 Å². The van der Waals surface area contributed by atoms with E-state index in [2.05, 4.69) is 16.1 Å². The first-order valence-electron chi connectivity index (χ1n) is 12.7. The topological polar surface area (TPSA) is 127 Å². The van der Waals surface area contributed by atoms with Crippen molar-refractivity contribution in [3.8, 4) is 22.9 Å². The number of aliphatic hydroxyl groups excluding tert-OH is 2. The van der Waals surface area contributed by atoms with Gasteiger partial charge in [-0.05, 0) is 30.7 Å². The zero-order valence-electron chi connectivity index (χ0n) is 22.1. The third-order valence-corrected chi connectivity index (χ3v) is 6.41. The van der Waals surface area contributed by atoms with E-state index in [0.29, 0.717) is 49.4 Å². The maximum absolute atomic E-state index is 12.7. The Bertz CT molecular complexity index is 1420. The summed E-state index contributed by atoms with van der Waals surface area (Å²) in [7, 11) is 1.00. The van der Waals surface area contributed by atoms with E-state index in [9.17, 15) is 15.2 Å². The van der Waals surface area contributed by atoms with Crippen LogP contribution < -0.4 is 9.64 Å². The Morgan fingerprint density at radius 2 is 1.85 bits per heavy atom. The fourth-order valence-corrected chi connectivity index (χ4v) is 4.49. The Balaban J connectivity index is 0.00000172. The van der Waals surface area contributed by atoms with Gasteiger partial charge in [0.05, 0.1) is 36.0 Å². The van der Waals surface area contributed by atoms with Gasteiger partial charge in [-0.25, -0.2) is 9.50 Å². The molecule has 10 nitrogen and oxygen atoms in total. The van der Waals surface area contributed by atoms with Crippen LogP contribution in [0, 0.1) is 11.3 Å². The van der Waals surface area contributed by atoms with Gasteiger partial charge >= 0.3 is 0 Å². The summed E-state index contributed by atoms with van der Waals surface area (Å²) in [6, 6.07) is 17.8. The van der Waals surface area contributed by atoms with Gasteiger partial charge in [0.2, 0.25) is 5.91 Å². The van der Waals surface area contributed by atoms with E-state index in [1.165, 1.54) is 6.20 Å². The number of fused-ring (bicyclic) bond motifs is 1. The molecule has 0 aliphatic carbocycles. The maximum Gasteiger partial charge on any atom is 0.227 e. The molecule has 1 saturated heterocycles. The van der Waals surface area contributed by atoms with Crippen molar-refractivity contribution in [2.75, 3.05) is 44.8 Å². The molecule has 1 aliphatic rings. The summed E-state index contributed by atoms with van der Waals surface area (Å²) in [5.74, 6) is 1.52. The first kappa shape index (κ1) is 27.6. The fraction of sp³-hybridized carbons (Fsp3) is 0.310. The molecule has 0 saturated carbocycles. The van der Waals surface area contributed by atoms with Crippen LogP contribution in [0.4, 0.5) is 5.82 Å². The number of hydrogen-bond donors (Lipinski definition) is 2. The van der Waals surface area contributed by atoms with Crippen LogP contribution in [0.5, 0.6) is 5.75 Å². The molecule has 2 N–H and O–H groups in total. The molecule has 4 heterocycles. The fourth-order valence-electron chi connectivity index (χ4n) is 4.49. The number of anilines is 1. The van der Waals surface area contributed by atoms with E-state index in [1.54, 1.807) is 23.8 Å². The SMILES string of the molecule is CO.C[C@@H](O)COc1cc(-c2ccc(N3CCN(C(=O)Cc4ccccc4)CC3)nc2)c2c(C#N)cnn2c1. The minimum atomic E-state index is -0.610. The highest BCUT2D eigenvalue weighted by atomic mass is 16.5. The number of nitrogens with zero attached hydrogens (tertiary/aromatic N) is 6. The van der Waals surface area contributed by atoms with Crippen molar-refractivity contribution in [1.29, 1.82) is 5.26 Å². The number of pyridine rings is 2. The summed E-state index contributed by atoms with van der Waals surface area (Å²) in [5, 5.41) is 30.5.